The number of oxazole rings is 1. The highest BCUT2D eigenvalue weighted by atomic mass is 16.5. The highest BCUT2D eigenvalue weighted by Gasteiger charge is 2.24. The number of benzene rings is 1. The molecule has 0 amide bonds. The Balaban J connectivity index is 1.72. The minimum absolute atomic E-state index is 0.360. The van der Waals surface area contributed by atoms with Crippen molar-refractivity contribution in [3.63, 3.8) is 0 Å². The molecule has 0 aliphatic carbocycles. The Morgan fingerprint density at radius 2 is 2.20 bits per heavy atom. The number of aromatic nitrogens is 1. The Labute approximate surface area is 119 Å². The normalized spacial score (nSPS) is 23.4. The van der Waals surface area contributed by atoms with Gasteiger partial charge in [-0.2, -0.15) is 0 Å². The quantitative estimate of drug-likeness (QED) is 0.926. The zero-order valence-corrected chi connectivity index (χ0v) is 12.3. The lowest BCUT2D eigenvalue weighted by molar-refractivity contribution is -0.0160. The van der Waals surface area contributed by atoms with E-state index >= 15 is 0 Å². The lowest BCUT2D eigenvalue weighted by Gasteiger charge is -2.32. The number of hydrogen-bond donors (Lipinski definition) is 1. The number of aryl methyl sites for hydroxylation is 1. The highest BCUT2D eigenvalue weighted by molar-refractivity contribution is 5.77. The number of hydrogen-bond acceptors (Lipinski definition) is 4. The molecule has 1 aliphatic rings. The first-order valence-electron chi connectivity index (χ1n) is 7.37. The van der Waals surface area contributed by atoms with Crippen LogP contribution in [0.3, 0.4) is 0 Å². The molecule has 1 fully saturated rings. The maximum absolute atomic E-state index is 5.81. The average Bonchev–Trinajstić information content (AvgIpc) is 2.78. The fourth-order valence-electron chi connectivity index (χ4n) is 2.79. The van der Waals surface area contributed by atoms with Crippen molar-refractivity contribution in [2.75, 3.05) is 11.9 Å². The molecule has 3 rings (SSSR count). The van der Waals surface area contributed by atoms with E-state index in [1.54, 1.807) is 0 Å². The molecular weight excluding hydrogens is 252 g/mol. The summed E-state index contributed by atoms with van der Waals surface area (Å²) in [6.07, 6.45) is 2.48. The zero-order valence-electron chi connectivity index (χ0n) is 12.3. The van der Waals surface area contributed by atoms with Crippen LogP contribution in [0.2, 0.25) is 0 Å². The van der Waals surface area contributed by atoms with Crippen molar-refractivity contribution in [3.05, 3.63) is 24.1 Å². The van der Waals surface area contributed by atoms with Crippen LogP contribution in [0.4, 0.5) is 5.69 Å². The van der Waals surface area contributed by atoms with Gasteiger partial charge < -0.3 is 14.5 Å². The van der Waals surface area contributed by atoms with E-state index in [9.17, 15) is 0 Å². The summed E-state index contributed by atoms with van der Waals surface area (Å²) in [7, 11) is 0. The third kappa shape index (κ3) is 2.80. The second-order valence-electron chi connectivity index (χ2n) is 5.93. The molecule has 0 spiro atoms. The molecule has 2 atom stereocenters. The molecule has 1 N–H and O–H groups in total. The first kappa shape index (κ1) is 13.4. The smallest absolute Gasteiger partial charge is 0.192 e. The van der Waals surface area contributed by atoms with Crippen molar-refractivity contribution in [2.45, 2.75) is 45.8 Å². The second-order valence-corrected chi connectivity index (χ2v) is 5.93. The lowest BCUT2D eigenvalue weighted by Crippen LogP contribution is -2.36. The van der Waals surface area contributed by atoms with Gasteiger partial charge >= 0.3 is 0 Å². The van der Waals surface area contributed by atoms with Crippen molar-refractivity contribution < 1.29 is 9.15 Å². The molecule has 1 aromatic carbocycles. The van der Waals surface area contributed by atoms with E-state index in [4.69, 9.17) is 9.15 Å². The van der Waals surface area contributed by atoms with E-state index < -0.39 is 0 Å². The summed E-state index contributed by atoms with van der Waals surface area (Å²) >= 11 is 0. The number of rotatable bonds is 3. The lowest BCUT2D eigenvalue weighted by atomic mass is 9.95. The maximum Gasteiger partial charge on any atom is 0.192 e. The first-order chi connectivity index (χ1) is 9.61. The van der Waals surface area contributed by atoms with Crippen molar-refractivity contribution >= 4 is 16.8 Å². The molecular formula is C16H22N2O2. The van der Waals surface area contributed by atoms with Gasteiger partial charge in [-0.25, -0.2) is 4.98 Å². The Hall–Kier alpha value is -1.55. The molecule has 20 heavy (non-hydrogen) atoms. The zero-order chi connectivity index (χ0) is 14.1. The summed E-state index contributed by atoms with van der Waals surface area (Å²) in [5, 5.41) is 3.61. The SMILES string of the molecule is Cc1nc2cc(NC3CCOC(C(C)C)C3)ccc2o1. The number of nitrogens with zero attached hydrogens (tertiary/aromatic N) is 1. The van der Waals surface area contributed by atoms with Gasteiger partial charge in [-0.15, -0.1) is 0 Å². The fraction of sp³-hybridized carbons (Fsp3) is 0.562. The number of nitrogens with one attached hydrogen (secondary N) is 1. The van der Waals surface area contributed by atoms with Crippen molar-refractivity contribution in [1.82, 2.24) is 4.98 Å². The van der Waals surface area contributed by atoms with Gasteiger partial charge in [0.05, 0.1) is 6.10 Å². The van der Waals surface area contributed by atoms with Crippen LogP contribution >= 0.6 is 0 Å². The van der Waals surface area contributed by atoms with Gasteiger partial charge in [0.2, 0.25) is 0 Å². The molecule has 2 heterocycles. The topological polar surface area (TPSA) is 47.3 Å². The molecule has 1 aromatic heterocycles. The molecule has 108 valence electrons. The predicted octanol–water partition coefficient (Wildman–Crippen LogP) is 3.75. The van der Waals surface area contributed by atoms with E-state index in [-0.39, 0.29) is 0 Å². The number of anilines is 1. The molecule has 1 saturated heterocycles. The van der Waals surface area contributed by atoms with Gasteiger partial charge in [0, 0.05) is 25.3 Å². The summed E-state index contributed by atoms with van der Waals surface area (Å²) in [5.74, 6) is 1.28. The van der Waals surface area contributed by atoms with Crippen LogP contribution in [-0.2, 0) is 4.74 Å². The summed E-state index contributed by atoms with van der Waals surface area (Å²) in [4.78, 5) is 4.38. The van der Waals surface area contributed by atoms with E-state index in [1.807, 2.05) is 13.0 Å². The van der Waals surface area contributed by atoms with Gasteiger partial charge in [0.1, 0.15) is 5.52 Å². The molecule has 2 unspecified atom stereocenters. The molecule has 4 heteroatoms. The summed E-state index contributed by atoms with van der Waals surface area (Å²) in [6, 6.07) is 6.58. The minimum Gasteiger partial charge on any atom is -0.441 e. The Bertz CT molecular complexity index is 591. The van der Waals surface area contributed by atoms with Crippen LogP contribution in [0.25, 0.3) is 11.1 Å². The largest absolute Gasteiger partial charge is 0.441 e. The van der Waals surface area contributed by atoms with Crippen molar-refractivity contribution in [3.8, 4) is 0 Å². The standard InChI is InChI=1S/C16H22N2O2/c1-10(2)16-9-13(6-7-19-16)18-12-4-5-15-14(8-12)17-11(3)20-15/h4-5,8,10,13,16,18H,6-7,9H2,1-3H3. The van der Waals surface area contributed by atoms with Crippen molar-refractivity contribution in [2.24, 2.45) is 5.92 Å². The molecule has 0 bridgehead atoms. The van der Waals surface area contributed by atoms with Gasteiger partial charge in [-0.05, 0) is 37.0 Å². The Kier molecular flexibility index (Phi) is 3.66. The van der Waals surface area contributed by atoms with E-state index in [1.165, 1.54) is 0 Å². The van der Waals surface area contributed by atoms with Crippen LogP contribution in [0.15, 0.2) is 22.6 Å². The van der Waals surface area contributed by atoms with Gasteiger partial charge in [0.15, 0.2) is 11.5 Å². The Morgan fingerprint density at radius 1 is 1.35 bits per heavy atom. The van der Waals surface area contributed by atoms with E-state index in [0.29, 0.717) is 24.0 Å². The van der Waals surface area contributed by atoms with Crippen LogP contribution < -0.4 is 5.32 Å². The van der Waals surface area contributed by atoms with Gasteiger partial charge in [0.25, 0.3) is 0 Å². The van der Waals surface area contributed by atoms with Gasteiger partial charge in [-0.1, -0.05) is 13.8 Å². The van der Waals surface area contributed by atoms with Crippen LogP contribution in [0.1, 0.15) is 32.6 Å². The first-order valence-corrected chi connectivity index (χ1v) is 7.37. The molecule has 0 radical (unpaired) electrons. The number of ether oxygens (including phenoxy) is 1. The minimum atomic E-state index is 0.360. The molecule has 1 aliphatic heterocycles. The fourth-order valence-corrected chi connectivity index (χ4v) is 2.79. The Morgan fingerprint density at radius 3 is 3.00 bits per heavy atom. The highest BCUT2D eigenvalue weighted by Crippen LogP contribution is 2.25. The van der Waals surface area contributed by atoms with Gasteiger partial charge in [-0.3, -0.25) is 0 Å². The molecule has 2 aromatic rings. The van der Waals surface area contributed by atoms with Crippen LogP contribution in [-0.4, -0.2) is 23.7 Å². The monoisotopic (exact) mass is 274 g/mol. The van der Waals surface area contributed by atoms with Crippen LogP contribution in [0, 0.1) is 12.8 Å². The number of fused-ring (bicyclic) bond motifs is 1. The van der Waals surface area contributed by atoms with Crippen LogP contribution in [0.5, 0.6) is 0 Å². The summed E-state index contributed by atoms with van der Waals surface area (Å²) in [5.41, 5.74) is 2.88. The maximum atomic E-state index is 5.81. The molecule has 4 nitrogen and oxygen atoms in total. The average molecular weight is 274 g/mol. The summed E-state index contributed by atoms with van der Waals surface area (Å²) in [6.45, 7) is 7.15. The van der Waals surface area contributed by atoms with E-state index in [2.05, 4.69) is 36.3 Å². The summed E-state index contributed by atoms with van der Waals surface area (Å²) < 4.78 is 11.3. The van der Waals surface area contributed by atoms with Crippen molar-refractivity contribution in [1.29, 1.82) is 0 Å². The van der Waals surface area contributed by atoms with E-state index in [0.717, 1.165) is 36.2 Å². The third-order valence-corrected chi connectivity index (χ3v) is 3.92. The third-order valence-electron chi connectivity index (χ3n) is 3.92. The second kappa shape index (κ2) is 5.44. The molecule has 0 saturated carbocycles. The predicted molar refractivity (Wildman–Crippen MR) is 80.0 cm³/mol.